The second kappa shape index (κ2) is 5.95. The number of pyridine rings is 1. The number of amides is 1. The Morgan fingerprint density at radius 1 is 1.26 bits per heavy atom. The monoisotopic (exact) mass is 260 g/mol. The van der Waals surface area contributed by atoms with Gasteiger partial charge < -0.3 is 10.1 Å². The number of aromatic nitrogens is 1. The van der Waals surface area contributed by atoms with E-state index in [1.54, 1.807) is 19.1 Å². The molecule has 1 heterocycles. The number of rotatable bonds is 4. The van der Waals surface area contributed by atoms with Crippen molar-refractivity contribution in [3.05, 3.63) is 54.6 Å². The first-order chi connectivity index (χ1) is 9.15. The number of ether oxygens (including phenoxy) is 1. The van der Waals surface area contributed by atoms with Crippen molar-refractivity contribution >= 4 is 11.6 Å². The Morgan fingerprint density at radius 3 is 2.63 bits per heavy atom. The van der Waals surface area contributed by atoms with E-state index in [1.807, 2.05) is 18.2 Å². The number of nitrogens with zero attached hydrogens (tertiary/aromatic N) is 1. The molecule has 1 atom stereocenters. The molecule has 1 unspecified atom stereocenters. The van der Waals surface area contributed by atoms with Crippen molar-refractivity contribution in [1.82, 2.24) is 4.98 Å². The predicted octanol–water partition coefficient (Wildman–Crippen LogP) is 2.63. The third-order valence-electron chi connectivity index (χ3n) is 2.42. The summed E-state index contributed by atoms with van der Waals surface area (Å²) in [5.41, 5.74) is 0.695. The van der Waals surface area contributed by atoms with Crippen LogP contribution >= 0.6 is 0 Å². The van der Waals surface area contributed by atoms with E-state index >= 15 is 0 Å². The largest absolute Gasteiger partial charge is 0.479 e. The average molecular weight is 260 g/mol. The van der Waals surface area contributed by atoms with Crippen LogP contribution in [0, 0.1) is 5.95 Å². The van der Waals surface area contributed by atoms with Crippen molar-refractivity contribution in [1.29, 1.82) is 0 Å². The van der Waals surface area contributed by atoms with E-state index in [2.05, 4.69) is 10.3 Å². The van der Waals surface area contributed by atoms with Gasteiger partial charge in [-0.05, 0) is 31.2 Å². The van der Waals surface area contributed by atoms with E-state index < -0.39 is 12.1 Å². The van der Waals surface area contributed by atoms with Crippen molar-refractivity contribution in [3.63, 3.8) is 0 Å². The fraction of sp³-hybridized carbons (Fsp3) is 0.143. The molecule has 0 aliphatic heterocycles. The van der Waals surface area contributed by atoms with Gasteiger partial charge in [0.15, 0.2) is 6.10 Å². The summed E-state index contributed by atoms with van der Waals surface area (Å²) in [6.07, 6.45) is 0.536. The molecule has 0 radical (unpaired) electrons. The standard InChI is InChI=1S/C14H13FN2O2/c1-10(19-12-7-8-13(15)16-9-12)14(18)17-11-5-3-2-4-6-11/h2-10H,1H3,(H,17,18). The van der Waals surface area contributed by atoms with Crippen LogP contribution in [0.15, 0.2) is 48.7 Å². The first-order valence-corrected chi connectivity index (χ1v) is 5.79. The van der Waals surface area contributed by atoms with Crippen molar-refractivity contribution in [3.8, 4) is 5.75 Å². The van der Waals surface area contributed by atoms with Gasteiger partial charge in [0, 0.05) is 5.69 Å². The van der Waals surface area contributed by atoms with E-state index in [4.69, 9.17) is 4.74 Å². The summed E-state index contributed by atoms with van der Waals surface area (Å²) in [5.74, 6) is -0.527. The molecule has 0 fully saturated rings. The van der Waals surface area contributed by atoms with Crippen LogP contribution in [0.2, 0.25) is 0 Å². The number of halogens is 1. The van der Waals surface area contributed by atoms with Crippen molar-refractivity contribution in [2.24, 2.45) is 0 Å². The zero-order valence-corrected chi connectivity index (χ0v) is 10.3. The number of para-hydroxylation sites is 1. The lowest BCUT2D eigenvalue weighted by Gasteiger charge is -2.14. The van der Waals surface area contributed by atoms with Crippen LogP contribution in [-0.4, -0.2) is 17.0 Å². The average Bonchev–Trinajstić information content (AvgIpc) is 2.42. The normalized spacial score (nSPS) is 11.7. The van der Waals surface area contributed by atoms with Crippen LogP contribution in [0.3, 0.4) is 0 Å². The lowest BCUT2D eigenvalue weighted by molar-refractivity contribution is -0.122. The number of hydrogen-bond acceptors (Lipinski definition) is 3. The molecule has 0 bridgehead atoms. The van der Waals surface area contributed by atoms with Crippen molar-refractivity contribution in [2.75, 3.05) is 5.32 Å². The van der Waals surface area contributed by atoms with Gasteiger partial charge in [-0.3, -0.25) is 4.79 Å². The molecular formula is C14H13FN2O2. The molecule has 1 aromatic heterocycles. The zero-order valence-electron chi connectivity index (χ0n) is 10.3. The summed E-state index contributed by atoms with van der Waals surface area (Å²) < 4.78 is 18.0. The highest BCUT2D eigenvalue weighted by Gasteiger charge is 2.14. The first kappa shape index (κ1) is 13.0. The second-order valence-electron chi connectivity index (χ2n) is 3.93. The molecule has 2 aromatic rings. The lowest BCUT2D eigenvalue weighted by Crippen LogP contribution is -2.30. The van der Waals surface area contributed by atoms with Crippen LogP contribution in [-0.2, 0) is 4.79 Å². The first-order valence-electron chi connectivity index (χ1n) is 5.79. The molecule has 1 aromatic carbocycles. The SMILES string of the molecule is CC(Oc1ccc(F)nc1)C(=O)Nc1ccccc1. The Balaban J connectivity index is 1.94. The summed E-state index contributed by atoms with van der Waals surface area (Å²) in [6, 6.07) is 11.7. The highest BCUT2D eigenvalue weighted by molar-refractivity contribution is 5.94. The number of carbonyl (C=O) groups is 1. The minimum atomic E-state index is -0.701. The minimum Gasteiger partial charge on any atom is -0.479 e. The molecule has 0 spiro atoms. The van der Waals surface area contributed by atoms with Crippen LogP contribution < -0.4 is 10.1 Å². The quantitative estimate of drug-likeness (QED) is 0.860. The van der Waals surface area contributed by atoms with Crippen LogP contribution in [0.4, 0.5) is 10.1 Å². The van der Waals surface area contributed by atoms with E-state index in [0.717, 1.165) is 0 Å². The Kier molecular flexibility index (Phi) is 4.07. The van der Waals surface area contributed by atoms with E-state index in [1.165, 1.54) is 18.3 Å². The van der Waals surface area contributed by atoms with E-state index in [9.17, 15) is 9.18 Å². The highest BCUT2D eigenvalue weighted by Crippen LogP contribution is 2.12. The van der Waals surface area contributed by atoms with Gasteiger partial charge in [0.1, 0.15) is 5.75 Å². The summed E-state index contributed by atoms with van der Waals surface area (Å²) in [4.78, 5) is 15.3. The zero-order chi connectivity index (χ0) is 13.7. The Hall–Kier alpha value is -2.43. The fourth-order valence-corrected chi connectivity index (χ4v) is 1.45. The molecule has 0 aliphatic carbocycles. The number of anilines is 1. The van der Waals surface area contributed by atoms with Gasteiger partial charge in [0.05, 0.1) is 6.20 Å². The molecule has 98 valence electrons. The Morgan fingerprint density at radius 2 is 2.00 bits per heavy atom. The molecule has 0 saturated heterocycles. The molecule has 2 rings (SSSR count). The van der Waals surface area contributed by atoms with Gasteiger partial charge in [-0.1, -0.05) is 18.2 Å². The van der Waals surface area contributed by atoms with Gasteiger partial charge in [-0.15, -0.1) is 0 Å². The summed E-state index contributed by atoms with van der Waals surface area (Å²) in [6.45, 7) is 1.61. The smallest absolute Gasteiger partial charge is 0.265 e. The van der Waals surface area contributed by atoms with E-state index in [0.29, 0.717) is 11.4 Å². The predicted molar refractivity (Wildman–Crippen MR) is 69.4 cm³/mol. The Bertz CT molecular complexity index is 543. The van der Waals surface area contributed by atoms with Gasteiger partial charge in [-0.2, -0.15) is 4.39 Å². The fourth-order valence-electron chi connectivity index (χ4n) is 1.45. The number of hydrogen-bond donors (Lipinski definition) is 1. The summed E-state index contributed by atoms with van der Waals surface area (Å²) >= 11 is 0. The maximum Gasteiger partial charge on any atom is 0.265 e. The van der Waals surface area contributed by atoms with Crippen molar-refractivity contribution < 1.29 is 13.9 Å². The third-order valence-corrected chi connectivity index (χ3v) is 2.42. The summed E-state index contributed by atoms with van der Waals surface area (Å²) in [5, 5.41) is 2.71. The van der Waals surface area contributed by atoms with Crippen LogP contribution in [0.5, 0.6) is 5.75 Å². The molecule has 4 nitrogen and oxygen atoms in total. The molecule has 0 saturated carbocycles. The topological polar surface area (TPSA) is 51.2 Å². The number of nitrogens with one attached hydrogen (secondary N) is 1. The van der Waals surface area contributed by atoms with Crippen molar-refractivity contribution in [2.45, 2.75) is 13.0 Å². The highest BCUT2D eigenvalue weighted by atomic mass is 19.1. The second-order valence-corrected chi connectivity index (χ2v) is 3.93. The maximum absolute atomic E-state index is 12.6. The third kappa shape index (κ3) is 3.77. The van der Waals surface area contributed by atoms with Crippen LogP contribution in [0.25, 0.3) is 0 Å². The molecule has 5 heteroatoms. The number of benzene rings is 1. The number of carbonyl (C=O) groups excluding carboxylic acids is 1. The summed E-state index contributed by atoms with van der Waals surface area (Å²) in [7, 11) is 0. The van der Waals surface area contributed by atoms with Gasteiger partial charge in [0.25, 0.3) is 5.91 Å². The van der Waals surface area contributed by atoms with Gasteiger partial charge >= 0.3 is 0 Å². The maximum atomic E-state index is 12.6. The lowest BCUT2D eigenvalue weighted by atomic mass is 10.3. The van der Waals surface area contributed by atoms with Crippen LogP contribution in [0.1, 0.15) is 6.92 Å². The van der Waals surface area contributed by atoms with Gasteiger partial charge in [-0.25, -0.2) is 4.98 Å². The molecule has 0 aliphatic rings. The molecular weight excluding hydrogens is 247 g/mol. The minimum absolute atomic E-state index is 0.282. The van der Waals surface area contributed by atoms with E-state index in [-0.39, 0.29) is 5.91 Å². The molecule has 19 heavy (non-hydrogen) atoms. The molecule has 1 N–H and O–H groups in total. The Labute approximate surface area is 110 Å². The molecule has 1 amide bonds. The van der Waals surface area contributed by atoms with Gasteiger partial charge in [0.2, 0.25) is 5.95 Å².